The fourth-order valence-electron chi connectivity index (χ4n) is 2.06. The molecule has 3 heteroatoms. The van der Waals surface area contributed by atoms with E-state index in [-0.39, 0.29) is 60.2 Å². The minimum absolute atomic E-state index is 0. The molecule has 2 aliphatic carbocycles. The third kappa shape index (κ3) is 14.1. The molecule has 0 nitrogen and oxygen atoms in total. The minimum Gasteiger partial charge on any atom is -0.269 e. The second-order valence-corrected chi connectivity index (χ2v) is 5.81. The van der Waals surface area contributed by atoms with Crippen LogP contribution in [0.1, 0.15) is 53.4 Å². The van der Waals surface area contributed by atoms with E-state index < -0.39 is 0 Å². The topological polar surface area (TPSA) is 0 Å². The van der Waals surface area contributed by atoms with E-state index in [0.29, 0.717) is 0 Å². The smallest absolute Gasteiger partial charge is 0.269 e. The van der Waals surface area contributed by atoms with Crippen molar-refractivity contribution < 1.29 is 26.2 Å². The van der Waals surface area contributed by atoms with Gasteiger partial charge in [0.1, 0.15) is 0 Å². The largest absolute Gasteiger partial charge is 2.00 e. The summed E-state index contributed by atoms with van der Waals surface area (Å²) in [5.41, 5.74) is 2.79. The summed E-state index contributed by atoms with van der Waals surface area (Å²) < 4.78 is 0. The van der Waals surface area contributed by atoms with Crippen molar-refractivity contribution in [1.29, 1.82) is 0 Å². The number of allylic oxidation sites excluding steroid dienone is 8. The fourth-order valence-corrected chi connectivity index (χ4v) is 2.06. The first-order valence-electron chi connectivity index (χ1n) is 7.10. The molecule has 0 saturated heterocycles. The molecule has 0 amide bonds. The average molecular weight is 495 g/mol. The number of halogens is 2. The molecule has 21 heavy (non-hydrogen) atoms. The van der Waals surface area contributed by atoms with E-state index >= 15 is 0 Å². The molecule has 0 aromatic rings. The Kier molecular flexibility index (Phi) is 19.9. The van der Waals surface area contributed by atoms with Crippen molar-refractivity contribution in [1.82, 2.24) is 0 Å². The third-order valence-electron chi connectivity index (χ3n) is 2.79. The van der Waals surface area contributed by atoms with Gasteiger partial charge >= 0.3 is 26.2 Å². The Hall–Kier alpha value is 0.803. The Balaban J connectivity index is -0.000000270. The maximum atomic E-state index is 3.29. The monoisotopic (exact) mass is 492 g/mol. The summed E-state index contributed by atoms with van der Waals surface area (Å²) in [6.45, 7) is 8.95. The van der Waals surface area contributed by atoms with E-state index in [1.54, 1.807) is 0 Å². The summed E-state index contributed by atoms with van der Waals surface area (Å²) in [5, 5.41) is 0. The summed E-state index contributed by atoms with van der Waals surface area (Å²) >= 11 is 0. The molecule has 2 aliphatic rings. The molecule has 0 fully saturated rings. The number of rotatable bonds is 4. The summed E-state index contributed by atoms with van der Waals surface area (Å²) in [6.07, 6.45) is 19.7. The van der Waals surface area contributed by atoms with Crippen molar-refractivity contribution in [3.8, 4) is 0 Å². The van der Waals surface area contributed by atoms with Gasteiger partial charge in [-0.3, -0.25) is 12.2 Å². The van der Waals surface area contributed by atoms with Crippen LogP contribution in [-0.4, -0.2) is 0 Å². The molecule has 0 aromatic heterocycles. The summed E-state index contributed by atoms with van der Waals surface area (Å²) in [7, 11) is 0. The van der Waals surface area contributed by atoms with Crippen molar-refractivity contribution in [3.05, 3.63) is 47.6 Å². The molecule has 0 bridgehead atoms. The molecule has 2 rings (SSSR count). The summed E-state index contributed by atoms with van der Waals surface area (Å²) in [4.78, 5) is 0. The van der Waals surface area contributed by atoms with Gasteiger partial charge in [0.25, 0.3) is 0 Å². The van der Waals surface area contributed by atoms with Crippen molar-refractivity contribution in [3.63, 3.8) is 0 Å². The summed E-state index contributed by atoms with van der Waals surface area (Å²) in [5.74, 6) is 1.55. The maximum absolute atomic E-state index is 3.29. The predicted molar refractivity (Wildman–Crippen MR) is 101 cm³/mol. The molecular weight excluding hydrogens is 467 g/mol. The molecule has 0 aliphatic heterocycles. The Morgan fingerprint density at radius 3 is 1.33 bits per heavy atom. The zero-order valence-corrected chi connectivity index (χ0v) is 19.5. The molecule has 0 unspecified atom stereocenters. The van der Waals surface area contributed by atoms with Crippen molar-refractivity contribution >= 4 is 34.0 Å². The first-order valence-corrected chi connectivity index (χ1v) is 7.10. The van der Waals surface area contributed by atoms with Crippen LogP contribution in [0.4, 0.5) is 0 Å². The van der Waals surface area contributed by atoms with Crippen LogP contribution in [0.2, 0.25) is 0 Å². The van der Waals surface area contributed by atoms with Crippen LogP contribution in [0.25, 0.3) is 0 Å². The third-order valence-corrected chi connectivity index (χ3v) is 2.79. The minimum atomic E-state index is 0. The summed E-state index contributed by atoms with van der Waals surface area (Å²) in [6, 6.07) is 0. The molecule has 0 atom stereocenters. The van der Waals surface area contributed by atoms with Gasteiger partial charge in [0.15, 0.2) is 0 Å². The van der Waals surface area contributed by atoms with E-state index in [2.05, 4.69) is 64.2 Å². The van der Waals surface area contributed by atoms with Gasteiger partial charge in [-0.15, -0.1) is 46.8 Å². The molecular formula is C18H28Br2Zr. The Morgan fingerprint density at radius 1 is 0.810 bits per heavy atom. The van der Waals surface area contributed by atoms with Crippen LogP contribution in [-0.2, 0) is 26.2 Å². The van der Waals surface area contributed by atoms with Gasteiger partial charge in [0.05, 0.1) is 0 Å². The van der Waals surface area contributed by atoms with Crippen LogP contribution in [0.15, 0.2) is 35.5 Å². The molecule has 118 valence electrons. The van der Waals surface area contributed by atoms with E-state index in [4.69, 9.17) is 0 Å². The molecule has 0 heterocycles. The first kappa shape index (κ1) is 26.7. The van der Waals surface area contributed by atoms with Gasteiger partial charge in [0, 0.05) is 0 Å². The molecule has 0 radical (unpaired) electrons. The number of hydrogen-bond acceptors (Lipinski definition) is 0. The fraction of sp³-hybridized carbons (Fsp3) is 0.556. The van der Waals surface area contributed by atoms with E-state index in [1.807, 2.05) is 0 Å². The van der Waals surface area contributed by atoms with Gasteiger partial charge in [0.2, 0.25) is 0 Å². The van der Waals surface area contributed by atoms with Crippen LogP contribution < -0.4 is 0 Å². The van der Waals surface area contributed by atoms with Gasteiger partial charge in [-0.25, -0.2) is 23.3 Å². The average Bonchev–Trinajstić information content (AvgIpc) is 2.90. The van der Waals surface area contributed by atoms with Gasteiger partial charge in [-0.1, -0.05) is 40.5 Å². The van der Waals surface area contributed by atoms with Gasteiger partial charge in [-0.2, -0.15) is 12.2 Å². The van der Waals surface area contributed by atoms with E-state index in [0.717, 1.165) is 24.7 Å². The van der Waals surface area contributed by atoms with E-state index in [9.17, 15) is 0 Å². The quantitative estimate of drug-likeness (QED) is 0.386. The second kappa shape index (κ2) is 15.7. The number of hydrogen-bond donors (Lipinski definition) is 0. The molecule has 0 N–H and O–H groups in total. The van der Waals surface area contributed by atoms with Gasteiger partial charge < -0.3 is 0 Å². The second-order valence-electron chi connectivity index (χ2n) is 5.81. The normalized spacial score (nSPS) is 14.6. The first-order chi connectivity index (χ1) is 8.58. The van der Waals surface area contributed by atoms with Crippen LogP contribution in [0.3, 0.4) is 0 Å². The zero-order chi connectivity index (χ0) is 13.4. The van der Waals surface area contributed by atoms with Gasteiger partial charge in [-0.05, 0) is 11.8 Å². The van der Waals surface area contributed by atoms with Crippen LogP contribution >= 0.6 is 34.0 Å². The predicted octanol–water partition coefficient (Wildman–Crippen LogP) is 6.60. The standard InChI is InChI=1S/2C9H13.2BrH.Zr/c2*1-8(2)7-9-5-3-4-6-9;;;/h2*3,5,8H,4,7H2,1-2H3;2*1H;/q2*-1;;;+2. The maximum Gasteiger partial charge on any atom is 2.00 e. The Morgan fingerprint density at radius 2 is 1.14 bits per heavy atom. The zero-order valence-electron chi connectivity index (χ0n) is 13.6. The Bertz CT molecular complexity index is 327. The van der Waals surface area contributed by atoms with Crippen molar-refractivity contribution in [2.45, 2.75) is 53.4 Å². The molecule has 0 saturated carbocycles. The van der Waals surface area contributed by atoms with Crippen molar-refractivity contribution in [2.75, 3.05) is 0 Å². The Labute approximate surface area is 171 Å². The van der Waals surface area contributed by atoms with Crippen LogP contribution in [0.5, 0.6) is 0 Å². The van der Waals surface area contributed by atoms with E-state index in [1.165, 1.54) is 24.0 Å². The van der Waals surface area contributed by atoms with Crippen molar-refractivity contribution in [2.24, 2.45) is 11.8 Å². The SMILES string of the molecule is Br.Br.CC(C)CC1=[C-]CC=C1.CC(C)CC1=[C-]CC=C1.[Zr+2]. The molecule has 0 aromatic carbocycles. The van der Waals surface area contributed by atoms with Crippen LogP contribution in [0, 0.1) is 24.0 Å². The molecule has 0 spiro atoms.